The number of allylic oxidation sites excluding steroid dienone is 4. The van der Waals surface area contributed by atoms with Crippen LogP contribution in [-0.2, 0) is 16.1 Å². The zero-order chi connectivity index (χ0) is 25.3. The van der Waals surface area contributed by atoms with Crippen molar-refractivity contribution in [2.75, 3.05) is 14.2 Å². The molecule has 0 spiro atoms. The summed E-state index contributed by atoms with van der Waals surface area (Å²) in [4.78, 5) is 2.16. The van der Waals surface area contributed by atoms with Crippen LogP contribution >= 0.6 is 11.3 Å². The molecule has 186 valence electrons. The van der Waals surface area contributed by atoms with E-state index in [-0.39, 0.29) is 6.10 Å². The highest BCUT2D eigenvalue weighted by Crippen LogP contribution is 2.45. The van der Waals surface area contributed by atoms with Crippen LogP contribution < -0.4 is 9.47 Å². The van der Waals surface area contributed by atoms with Crippen molar-refractivity contribution in [3.63, 3.8) is 0 Å². The molecule has 0 unspecified atom stereocenters. The largest absolute Gasteiger partial charge is 0.501 e. The second kappa shape index (κ2) is 12.4. The summed E-state index contributed by atoms with van der Waals surface area (Å²) in [7, 11) is 3.42. The smallest absolute Gasteiger partial charge is 0.153 e. The van der Waals surface area contributed by atoms with Crippen LogP contribution in [0.3, 0.4) is 0 Å². The molecule has 1 atom stereocenters. The molecule has 5 heteroatoms. The van der Waals surface area contributed by atoms with Crippen LogP contribution in [0.1, 0.15) is 41.1 Å². The normalized spacial score (nSPS) is 15.7. The quantitative estimate of drug-likeness (QED) is 0.261. The van der Waals surface area contributed by atoms with Crippen LogP contribution in [0.25, 0.3) is 17.7 Å². The van der Waals surface area contributed by atoms with E-state index in [2.05, 4.69) is 42.5 Å². The molecule has 0 N–H and O–H groups in total. The number of hydrogen-bond donors (Lipinski definition) is 0. The third-order valence-corrected chi connectivity index (χ3v) is 7.02. The molecule has 0 saturated carbocycles. The van der Waals surface area contributed by atoms with Gasteiger partial charge in [-0.3, -0.25) is 0 Å². The maximum absolute atomic E-state index is 6.54. The Morgan fingerprint density at radius 3 is 2.42 bits per heavy atom. The molecule has 1 aromatic heterocycles. The summed E-state index contributed by atoms with van der Waals surface area (Å²) in [5, 5.41) is 0. The molecular formula is C31H32O4S. The predicted molar refractivity (Wildman–Crippen MR) is 150 cm³/mol. The van der Waals surface area contributed by atoms with Crippen LogP contribution in [0.5, 0.6) is 17.2 Å². The van der Waals surface area contributed by atoms with Crippen molar-refractivity contribution in [3.05, 3.63) is 106 Å². The number of ether oxygens (including phenoxy) is 4. The summed E-state index contributed by atoms with van der Waals surface area (Å²) in [5.41, 5.74) is 3.29. The lowest BCUT2D eigenvalue weighted by Gasteiger charge is -2.15. The molecule has 4 rings (SSSR count). The van der Waals surface area contributed by atoms with E-state index in [1.165, 1.54) is 0 Å². The second-order valence-corrected chi connectivity index (χ2v) is 9.43. The molecule has 0 aliphatic heterocycles. The first-order valence-electron chi connectivity index (χ1n) is 12.0. The van der Waals surface area contributed by atoms with Gasteiger partial charge in [-0.05, 0) is 61.7 Å². The van der Waals surface area contributed by atoms with Crippen LogP contribution in [0, 0.1) is 0 Å². The second-order valence-electron chi connectivity index (χ2n) is 8.37. The van der Waals surface area contributed by atoms with Crippen molar-refractivity contribution in [2.45, 2.75) is 33.0 Å². The van der Waals surface area contributed by atoms with E-state index >= 15 is 0 Å². The van der Waals surface area contributed by atoms with Gasteiger partial charge in [0.2, 0.25) is 0 Å². The molecule has 0 bridgehead atoms. The van der Waals surface area contributed by atoms with Crippen molar-refractivity contribution in [3.8, 4) is 17.2 Å². The third kappa shape index (κ3) is 6.36. The Morgan fingerprint density at radius 2 is 1.78 bits per heavy atom. The Kier molecular flexibility index (Phi) is 8.82. The van der Waals surface area contributed by atoms with E-state index in [0.29, 0.717) is 6.61 Å². The Balaban J connectivity index is 1.63. The first-order chi connectivity index (χ1) is 17.6. The van der Waals surface area contributed by atoms with Gasteiger partial charge >= 0.3 is 0 Å². The number of benzene rings is 2. The van der Waals surface area contributed by atoms with Crippen molar-refractivity contribution < 1.29 is 18.9 Å². The molecule has 1 aliphatic carbocycles. The van der Waals surface area contributed by atoms with Crippen LogP contribution in [0.4, 0.5) is 0 Å². The molecule has 3 aromatic rings. The highest BCUT2D eigenvalue weighted by Gasteiger charge is 2.22. The van der Waals surface area contributed by atoms with Gasteiger partial charge in [-0.1, -0.05) is 60.7 Å². The third-order valence-electron chi connectivity index (χ3n) is 5.84. The Bertz CT molecular complexity index is 1260. The lowest BCUT2D eigenvalue weighted by molar-refractivity contribution is 0.143. The van der Waals surface area contributed by atoms with Gasteiger partial charge in [0.05, 0.1) is 23.9 Å². The van der Waals surface area contributed by atoms with E-state index < -0.39 is 0 Å². The monoisotopic (exact) mass is 500 g/mol. The molecule has 1 aliphatic rings. The summed E-state index contributed by atoms with van der Waals surface area (Å²) in [5.74, 6) is 3.22. The minimum atomic E-state index is 0.103. The van der Waals surface area contributed by atoms with Gasteiger partial charge in [0, 0.05) is 17.6 Å². The van der Waals surface area contributed by atoms with Crippen molar-refractivity contribution in [1.29, 1.82) is 0 Å². The van der Waals surface area contributed by atoms with E-state index in [1.807, 2.05) is 62.4 Å². The van der Waals surface area contributed by atoms with E-state index in [0.717, 1.165) is 55.9 Å². The average molecular weight is 501 g/mol. The Morgan fingerprint density at radius 1 is 1.03 bits per heavy atom. The van der Waals surface area contributed by atoms with E-state index in [4.69, 9.17) is 18.9 Å². The van der Waals surface area contributed by atoms with Gasteiger partial charge < -0.3 is 18.9 Å². The minimum Gasteiger partial charge on any atom is -0.501 e. The topological polar surface area (TPSA) is 36.9 Å². The molecule has 4 nitrogen and oxygen atoms in total. The molecule has 0 saturated heterocycles. The highest BCUT2D eigenvalue weighted by molar-refractivity contribution is 7.14. The highest BCUT2D eigenvalue weighted by atomic mass is 32.1. The van der Waals surface area contributed by atoms with Crippen molar-refractivity contribution in [1.82, 2.24) is 0 Å². The maximum Gasteiger partial charge on any atom is 0.153 e. The first kappa shape index (κ1) is 25.5. The average Bonchev–Trinajstić information content (AvgIpc) is 3.25. The minimum absolute atomic E-state index is 0.103. The van der Waals surface area contributed by atoms with Gasteiger partial charge in [0.1, 0.15) is 18.1 Å². The summed E-state index contributed by atoms with van der Waals surface area (Å²) in [6, 6.07) is 17.9. The fourth-order valence-corrected chi connectivity index (χ4v) is 5.05. The van der Waals surface area contributed by atoms with Gasteiger partial charge in [0.15, 0.2) is 5.75 Å². The van der Waals surface area contributed by atoms with Gasteiger partial charge in [-0.25, -0.2) is 0 Å². The van der Waals surface area contributed by atoms with Gasteiger partial charge in [0.25, 0.3) is 0 Å². The fourth-order valence-electron chi connectivity index (χ4n) is 3.82. The first-order valence-corrected chi connectivity index (χ1v) is 12.8. The number of methoxy groups -OCH3 is 2. The molecule has 36 heavy (non-hydrogen) atoms. The van der Waals surface area contributed by atoms with Gasteiger partial charge in [-0.15, -0.1) is 11.3 Å². The van der Waals surface area contributed by atoms with E-state index in [9.17, 15) is 0 Å². The summed E-state index contributed by atoms with van der Waals surface area (Å²) in [6.07, 6.45) is 13.5. The molecule has 0 amide bonds. The number of hydrogen-bond acceptors (Lipinski definition) is 5. The maximum atomic E-state index is 6.54. The lowest BCUT2D eigenvalue weighted by atomic mass is 10.0. The summed E-state index contributed by atoms with van der Waals surface area (Å²) in [6.45, 7) is 4.49. The molecule has 1 heterocycles. The number of thiophene rings is 1. The van der Waals surface area contributed by atoms with Crippen LogP contribution in [0.15, 0.2) is 84.7 Å². The summed E-state index contributed by atoms with van der Waals surface area (Å²) >= 11 is 1.70. The Labute approximate surface area is 217 Å². The Hall–Kier alpha value is -3.54. The van der Waals surface area contributed by atoms with Crippen LogP contribution in [-0.4, -0.2) is 20.3 Å². The lowest BCUT2D eigenvalue weighted by Crippen LogP contribution is -2.07. The van der Waals surface area contributed by atoms with Crippen molar-refractivity contribution >= 4 is 29.1 Å². The zero-order valence-corrected chi connectivity index (χ0v) is 22.0. The molecular weight excluding hydrogens is 468 g/mol. The molecule has 0 radical (unpaired) electrons. The predicted octanol–water partition coefficient (Wildman–Crippen LogP) is 8.52. The summed E-state index contributed by atoms with van der Waals surface area (Å²) < 4.78 is 23.4. The van der Waals surface area contributed by atoms with Crippen LogP contribution in [0.2, 0.25) is 0 Å². The van der Waals surface area contributed by atoms with Crippen molar-refractivity contribution in [2.24, 2.45) is 0 Å². The van der Waals surface area contributed by atoms with Gasteiger partial charge in [-0.2, -0.15) is 0 Å². The standard InChI is InChI=1S/C31H32O4S/c1-5-9-28-29(20-22(2)32-3)36-31(24-12-14-25(33-4)15-13-24)30(28)35-27-18-16-26(17-19-27)34-21-23-10-7-6-8-11-23/h5-14,16-20,25H,15,21H2,1-4H3/b9-5-,22-20+/t25-/m1/s1. The zero-order valence-electron chi connectivity index (χ0n) is 21.2. The molecule has 2 aromatic carbocycles. The number of rotatable bonds is 10. The fraction of sp³-hybridized carbons (Fsp3) is 0.226. The molecule has 0 fully saturated rings. The van der Waals surface area contributed by atoms with E-state index in [1.54, 1.807) is 25.6 Å². The SMILES string of the molecule is C/C=C\c1c(/C=C(\C)OC)sc(C2=CC[C@H](OC)C=C2)c1Oc1ccc(OCc2ccccc2)cc1.